The van der Waals surface area contributed by atoms with Crippen LogP contribution in [0.2, 0.25) is 0 Å². The Morgan fingerprint density at radius 2 is 1.27 bits per heavy atom. The molecule has 1 aliphatic carbocycles. The molecule has 0 radical (unpaired) electrons. The van der Waals surface area contributed by atoms with Crippen molar-refractivity contribution in [3.05, 3.63) is 179 Å². The van der Waals surface area contributed by atoms with E-state index in [9.17, 15) is 10.1 Å². The smallest absolute Gasteiger partial charge is 0.147 e. The number of carbonyl (C=O) groups excluding carboxylic acids is 1. The molecule has 1 unspecified atom stereocenters. The van der Waals surface area contributed by atoms with Crippen molar-refractivity contribution in [3.63, 3.8) is 0 Å². The number of nitrogens with zero attached hydrogens (tertiary/aromatic N) is 2. The average Bonchev–Trinajstić information content (AvgIpc) is 3.61. The summed E-state index contributed by atoms with van der Waals surface area (Å²) in [7, 11) is 0. The molecule has 0 N–H and O–H groups in total. The average molecular weight is 661 g/mol. The highest BCUT2D eigenvalue weighted by Crippen LogP contribution is 2.70. The topological polar surface area (TPSA) is 44.1 Å². The molecule has 2 aliphatic heterocycles. The standard InChI is InChI=1S/C48H40N2O/c1-32-46(33(2)51)50-28-26-38-15-9-10-16-43(38)47(50,27-25-34-17-19-35(31-49)20-18-34)48(32)44-29-39(36-11-5-3-6-12-36)21-23-41(44)42-24-22-40(30-45(42)48)37-13-7-4-8-14-37/h3-24,29-30,32,46H,25-28H2,1-2H3/t32-,46?,47-/m1/s1. The fraction of sp³-hybridized carbons (Fsp3) is 0.208. The summed E-state index contributed by atoms with van der Waals surface area (Å²) in [6.45, 7) is 4.99. The van der Waals surface area contributed by atoms with Crippen LogP contribution in [-0.2, 0) is 28.6 Å². The van der Waals surface area contributed by atoms with Crippen molar-refractivity contribution in [1.29, 1.82) is 5.26 Å². The highest BCUT2D eigenvalue weighted by molar-refractivity contribution is 5.91. The van der Waals surface area contributed by atoms with Crippen molar-refractivity contribution in [2.24, 2.45) is 5.92 Å². The van der Waals surface area contributed by atoms with Crippen LogP contribution in [0.4, 0.5) is 0 Å². The van der Waals surface area contributed by atoms with Gasteiger partial charge < -0.3 is 0 Å². The van der Waals surface area contributed by atoms with E-state index in [2.05, 4.69) is 151 Å². The third kappa shape index (κ3) is 4.50. The first-order valence-corrected chi connectivity index (χ1v) is 18.2. The number of nitriles is 1. The molecule has 0 bridgehead atoms. The lowest BCUT2D eigenvalue weighted by atomic mass is 9.54. The van der Waals surface area contributed by atoms with E-state index >= 15 is 0 Å². The van der Waals surface area contributed by atoms with E-state index in [-0.39, 0.29) is 17.7 Å². The number of benzene rings is 6. The van der Waals surface area contributed by atoms with Crippen molar-refractivity contribution >= 4 is 5.78 Å². The summed E-state index contributed by atoms with van der Waals surface area (Å²) in [5.41, 5.74) is 13.5. The van der Waals surface area contributed by atoms with E-state index < -0.39 is 11.0 Å². The molecule has 2 heterocycles. The van der Waals surface area contributed by atoms with Gasteiger partial charge in [0.15, 0.2) is 0 Å². The van der Waals surface area contributed by atoms with Crippen LogP contribution >= 0.6 is 0 Å². The van der Waals surface area contributed by atoms with Crippen molar-refractivity contribution in [2.45, 2.75) is 50.1 Å². The number of Topliss-reactive ketones (excluding diaryl/α,β-unsaturated/α-hetero) is 1. The maximum absolute atomic E-state index is 14.2. The number of fused-ring (bicyclic) bond motifs is 9. The van der Waals surface area contributed by atoms with Gasteiger partial charge in [0.2, 0.25) is 0 Å². The molecule has 0 aromatic heterocycles. The van der Waals surface area contributed by atoms with E-state index in [1.54, 1.807) is 0 Å². The fourth-order valence-corrected chi connectivity index (χ4v) is 10.5. The zero-order chi connectivity index (χ0) is 34.7. The summed E-state index contributed by atoms with van der Waals surface area (Å²) in [4.78, 5) is 16.8. The van der Waals surface area contributed by atoms with Gasteiger partial charge in [-0.1, -0.05) is 128 Å². The first-order valence-electron chi connectivity index (χ1n) is 18.2. The Hall–Kier alpha value is -5.56. The van der Waals surface area contributed by atoms with Gasteiger partial charge in [-0.2, -0.15) is 5.26 Å². The van der Waals surface area contributed by atoms with E-state index in [4.69, 9.17) is 0 Å². The quantitative estimate of drug-likeness (QED) is 0.179. The number of ketones is 1. The summed E-state index contributed by atoms with van der Waals surface area (Å²) in [5.74, 6) is 0.217. The van der Waals surface area contributed by atoms with Gasteiger partial charge in [-0.25, -0.2) is 0 Å². The number of carbonyl (C=O) groups is 1. The zero-order valence-corrected chi connectivity index (χ0v) is 29.1. The van der Waals surface area contributed by atoms with E-state index in [1.165, 1.54) is 61.2 Å². The van der Waals surface area contributed by atoms with Gasteiger partial charge in [0.25, 0.3) is 0 Å². The lowest BCUT2D eigenvalue weighted by Gasteiger charge is -2.54. The Morgan fingerprint density at radius 1 is 0.706 bits per heavy atom. The molecule has 1 saturated heterocycles. The molecule has 6 aromatic rings. The summed E-state index contributed by atoms with van der Waals surface area (Å²) < 4.78 is 0. The Labute approximate surface area is 300 Å². The predicted octanol–water partition coefficient (Wildman–Crippen LogP) is 10.2. The second-order valence-electron chi connectivity index (χ2n) is 14.7. The second kappa shape index (κ2) is 12.0. The van der Waals surface area contributed by atoms with Crippen LogP contribution in [0.15, 0.2) is 146 Å². The third-order valence-corrected chi connectivity index (χ3v) is 12.4. The molecule has 1 spiro atoms. The normalized spacial score (nSPS) is 21.0. The van der Waals surface area contributed by atoms with Gasteiger partial charge in [-0.05, 0) is 118 Å². The van der Waals surface area contributed by atoms with Gasteiger partial charge in [0.05, 0.1) is 23.2 Å². The summed E-state index contributed by atoms with van der Waals surface area (Å²) in [6.07, 6.45) is 2.56. The number of hydrogen-bond donors (Lipinski definition) is 0. The van der Waals surface area contributed by atoms with Gasteiger partial charge in [-0.3, -0.25) is 9.69 Å². The van der Waals surface area contributed by atoms with Crippen LogP contribution < -0.4 is 0 Å². The molecule has 3 nitrogen and oxygen atoms in total. The maximum atomic E-state index is 14.2. The number of aryl methyl sites for hydroxylation is 1. The third-order valence-electron chi connectivity index (χ3n) is 12.4. The molecule has 6 aromatic carbocycles. The Balaban J connectivity index is 1.39. The molecule has 1 fully saturated rings. The Kier molecular flexibility index (Phi) is 7.42. The largest absolute Gasteiger partial charge is 0.298 e. The zero-order valence-electron chi connectivity index (χ0n) is 29.1. The van der Waals surface area contributed by atoms with Crippen LogP contribution in [0.3, 0.4) is 0 Å². The van der Waals surface area contributed by atoms with Gasteiger partial charge >= 0.3 is 0 Å². The first-order chi connectivity index (χ1) is 25.0. The molecule has 0 saturated carbocycles. The van der Waals surface area contributed by atoms with E-state index in [0.717, 1.165) is 25.8 Å². The molecule has 3 atom stereocenters. The predicted molar refractivity (Wildman–Crippen MR) is 205 cm³/mol. The molecule has 3 aliphatic rings. The van der Waals surface area contributed by atoms with E-state index in [0.29, 0.717) is 5.56 Å². The highest BCUT2D eigenvalue weighted by Gasteiger charge is 2.72. The highest BCUT2D eigenvalue weighted by atomic mass is 16.1. The maximum Gasteiger partial charge on any atom is 0.147 e. The molecular formula is C48H40N2O. The SMILES string of the molecule is CC(=O)C1[C@@H](C)C2(c3cc(-c4ccccc4)ccc3-c3ccc(-c4ccccc4)cc32)[C@@]2(CCc3ccc(C#N)cc3)c3ccccc3CCN12. The fourth-order valence-electron chi connectivity index (χ4n) is 10.5. The Morgan fingerprint density at radius 3 is 1.84 bits per heavy atom. The van der Waals surface area contributed by atoms with Gasteiger partial charge in [0, 0.05) is 12.0 Å². The Bertz CT molecular complexity index is 2250. The van der Waals surface area contributed by atoms with Gasteiger partial charge in [-0.15, -0.1) is 0 Å². The minimum absolute atomic E-state index is 0.0147. The molecule has 0 amide bonds. The van der Waals surface area contributed by atoms with Gasteiger partial charge in [0.1, 0.15) is 5.78 Å². The van der Waals surface area contributed by atoms with Crippen molar-refractivity contribution in [1.82, 2.24) is 4.90 Å². The van der Waals surface area contributed by atoms with Crippen molar-refractivity contribution in [2.75, 3.05) is 6.54 Å². The summed E-state index contributed by atoms with van der Waals surface area (Å²) in [5, 5.41) is 9.55. The minimum atomic E-state index is -0.535. The molecule has 248 valence electrons. The second-order valence-corrected chi connectivity index (χ2v) is 14.7. The lowest BCUT2D eigenvalue weighted by molar-refractivity contribution is -0.123. The first kappa shape index (κ1) is 31.4. The van der Waals surface area contributed by atoms with E-state index in [1.807, 2.05) is 19.1 Å². The van der Waals surface area contributed by atoms with Crippen LogP contribution in [0.5, 0.6) is 0 Å². The minimum Gasteiger partial charge on any atom is -0.298 e. The van der Waals surface area contributed by atoms with Crippen LogP contribution in [0, 0.1) is 17.2 Å². The van der Waals surface area contributed by atoms with Crippen LogP contribution in [0.25, 0.3) is 33.4 Å². The van der Waals surface area contributed by atoms with Crippen molar-refractivity contribution in [3.8, 4) is 39.4 Å². The van der Waals surface area contributed by atoms with Crippen molar-refractivity contribution < 1.29 is 4.79 Å². The number of rotatable bonds is 6. The van der Waals surface area contributed by atoms with Crippen LogP contribution in [-0.4, -0.2) is 23.3 Å². The van der Waals surface area contributed by atoms with Crippen LogP contribution in [0.1, 0.15) is 53.6 Å². The summed E-state index contributed by atoms with van der Waals surface area (Å²) in [6, 6.07) is 54.7. The molecular weight excluding hydrogens is 621 g/mol. The monoisotopic (exact) mass is 660 g/mol. The molecule has 3 heteroatoms. The number of hydrogen-bond acceptors (Lipinski definition) is 3. The molecule has 9 rings (SSSR count). The lowest BCUT2D eigenvalue weighted by Crippen LogP contribution is -2.58. The molecule has 51 heavy (non-hydrogen) atoms. The summed E-state index contributed by atoms with van der Waals surface area (Å²) >= 11 is 0.